The third-order valence-corrected chi connectivity index (χ3v) is 9.93. The van der Waals surface area contributed by atoms with Crippen LogP contribution in [0, 0.1) is 0 Å². The molecule has 0 radical (unpaired) electrons. The number of allylic oxidation sites excluding steroid dienone is 10. The van der Waals surface area contributed by atoms with Gasteiger partial charge in [0.2, 0.25) is 0 Å². The Balaban J connectivity index is 4.36. The minimum atomic E-state index is -0.880. The molecule has 2 unspecified atom stereocenters. The number of ether oxygens (including phenoxy) is 3. The van der Waals surface area contributed by atoms with Gasteiger partial charge in [-0.25, -0.2) is 4.79 Å². The van der Waals surface area contributed by atoms with Gasteiger partial charge < -0.3 is 23.8 Å². The Morgan fingerprint density at radius 2 is 0.982 bits per heavy atom. The number of carboxylic acids is 1. The Morgan fingerprint density at radius 3 is 1.46 bits per heavy atom. The van der Waals surface area contributed by atoms with Gasteiger partial charge in [-0.15, -0.1) is 0 Å². The summed E-state index contributed by atoms with van der Waals surface area (Å²) in [7, 11) is 5.52. The predicted molar refractivity (Wildman–Crippen MR) is 238 cm³/mol. The maximum Gasteiger partial charge on any atom is 0.362 e. The molecule has 0 aliphatic heterocycles. The number of hydrogen-bond acceptors (Lipinski definition) is 6. The number of quaternary nitrogens is 1. The Kier molecular flexibility index (Phi) is 37.8. The predicted octanol–water partition coefficient (Wildman–Crippen LogP) is 12.6. The minimum Gasteiger partial charge on any atom is -0.477 e. The highest BCUT2D eigenvalue weighted by Gasteiger charge is 2.31. The molecule has 328 valence electrons. The van der Waals surface area contributed by atoms with Crippen molar-refractivity contribution in [3.05, 3.63) is 60.8 Å². The maximum atomic E-state index is 12.7. The lowest BCUT2D eigenvalue weighted by Crippen LogP contribution is -2.50. The minimum absolute atomic E-state index is 0.0525. The second kappa shape index (κ2) is 39.8. The number of esters is 2. The van der Waals surface area contributed by atoms with E-state index in [1.54, 1.807) is 0 Å². The fourth-order valence-corrected chi connectivity index (χ4v) is 6.41. The van der Waals surface area contributed by atoms with E-state index in [0.29, 0.717) is 19.3 Å². The SMILES string of the molecule is CC/C=C/C/C=C/C/C=C/C/C=C/C/C=C/CCCCCCC(=O)OCC(COCCC(C(=O)O)[N+](C)(C)C)OC(=O)CCCCCCCCCCCCCCC. The van der Waals surface area contributed by atoms with E-state index in [-0.39, 0.29) is 36.2 Å². The van der Waals surface area contributed by atoms with Crippen molar-refractivity contribution in [3.63, 3.8) is 0 Å². The first kappa shape index (κ1) is 54.0. The zero-order valence-corrected chi connectivity index (χ0v) is 37.3. The third-order valence-electron chi connectivity index (χ3n) is 9.93. The average molecular weight is 801 g/mol. The van der Waals surface area contributed by atoms with Crippen LogP contribution in [0.1, 0.15) is 181 Å². The Hall–Kier alpha value is -2.97. The van der Waals surface area contributed by atoms with Crippen LogP contribution in [0.15, 0.2) is 60.8 Å². The van der Waals surface area contributed by atoms with Crippen LogP contribution < -0.4 is 0 Å². The van der Waals surface area contributed by atoms with Gasteiger partial charge in [0, 0.05) is 19.3 Å². The van der Waals surface area contributed by atoms with Gasteiger partial charge in [0.25, 0.3) is 0 Å². The molecule has 0 aromatic rings. The van der Waals surface area contributed by atoms with E-state index < -0.39 is 18.1 Å². The molecule has 2 atom stereocenters. The molecule has 0 aromatic carbocycles. The lowest BCUT2D eigenvalue weighted by atomic mass is 10.0. The van der Waals surface area contributed by atoms with Crippen LogP contribution >= 0.6 is 0 Å². The summed E-state index contributed by atoms with van der Waals surface area (Å²) in [6, 6.07) is -0.619. The highest BCUT2D eigenvalue weighted by Crippen LogP contribution is 2.14. The van der Waals surface area contributed by atoms with Crippen LogP contribution in [-0.4, -0.2) is 80.6 Å². The largest absolute Gasteiger partial charge is 0.477 e. The Morgan fingerprint density at radius 1 is 0.544 bits per heavy atom. The van der Waals surface area contributed by atoms with Crippen LogP contribution in [0.3, 0.4) is 0 Å². The molecule has 0 spiro atoms. The Labute approximate surface area is 349 Å². The second-order valence-electron chi connectivity index (χ2n) is 16.3. The molecule has 0 saturated heterocycles. The molecule has 0 aliphatic rings. The molecular weight excluding hydrogens is 715 g/mol. The van der Waals surface area contributed by atoms with Gasteiger partial charge in [0.1, 0.15) is 6.61 Å². The van der Waals surface area contributed by atoms with Crippen molar-refractivity contribution >= 4 is 17.9 Å². The monoisotopic (exact) mass is 801 g/mol. The molecule has 0 bridgehead atoms. The van der Waals surface area contributed by atoms with E-state index in [4.69, 9.17) is 14.2 Å². The van der Waals surface area contributed by atoms with E-state index in [1.807, 2.05) is 21.1 Å². The molecule has 1 N–H and O–H groups in total. The highest BCUT2D eigenvalue weighted by molar-refractivity contribution is 5.72. The van der Waals surface area contributed by atoms with Crippen LogP contribution in [0.4, 0.5) is 0 Å². The standard InChI is InChI=1S/C49H85NO7/c1-6-8-10-12-14-16-18-20-21-22-23-24-25-26-28-29-31-33-35-37-39-47(51)56-44-45(43-55-42-41-46(49(53)54)50(3,4)5)57-48(52)40-38-36-34-32-30-27-19-17-15-13-11-9-7-2/h8,10,14,16,20-21,23-24,26,28,45-46H,6-7,9,11-13,15,17-19,22,25,27,29-44H2,1-5H3/p+1/b10-8+,16-14+,21-20+,24-23+,28-26+. The number of hydrogen-bond donors (Lipinski definition) is 1. The number of carbonyl (C=O) groups is 3. The number of aliphatic carboxylic acids is 1. The number of rotatable bonds is 40. The molecule has 0 fully saturated rings. The van der Waals surface area contributed by atoms with Gasteiger partial charge in [-0.05, 0) is 57.8 Å². The van der Waals surface area contributed by atoms with Crippen molar-refractivity contribution in [1.82, 2.24) is 0 Å². The molecule has 8 nitrogen and oxygen atoms in total. The van der Waals surface area contributed by atoms with Crippen LogP contribution in [0.25, 0.3) is 0 Å². The summed E-state index contributed by atoms with van der Waals surface area (Å²) in [5.74, 6) is -1.50. The van der Waals surface area contributed by atoms with Crippen molar-refractivity contribution in [1.29, 1.82) is 0 Å². The molecule has 0 saturated carbocycles. The molecule has 57 heavy (non-hydrogen) atoms. The fraction of sp³-hybridized carbons (Fsp3) is 0.735. The molecular formula is C49H86NO7+. The summed E-state index contributed by atoms with van der Waals surface area (Å²) in [6.07, 6.45) is 48.3. The fourth-order valence-electron chi connectivity index (χ4n) is 6.41. The van der Waals surface area contributed by atoms with E-state index in [2.05, 4.69) is 74.6 Å². The summed E-state index contributed by atoms with van der Waals surface area (Å²) < 4.78 is 17.3. The van der Waals surface area contributed by atoms with Crippen LogP contribution in [0.2, 0.25) is 0 Å². The molecule has 0 aliphatic carbocycles. The summed E-state index contributed by atoms with van der Waals surface area (Å²) in [5.41, 5.74) is 0. The van der Waals surface area contributed by atoms with Crippen molar-refractivity contribution in [2.24, 2.45) is 0 Å². The van der Waals surface area contributed by atoms with Crippen molar-refractivity contribution in [2.75, 3.05) is 41.0 Å². The molecule has 0 aromatic heterocycles. The van der Waals surface area contributed by atoms with E-state index in [0.717, 1.165) is 83.5 Å². The lowest BCUT2D eigenvalue weighted by molar-refractivity contribution is -0.887. The first-order valence-electron chi connectivity index (χ1n) is 22.8. The second-order valence-corrected chi connectivity index (χ2v) is 16.3. The van der Waals surface area contributed by atoms with Crippen molar-refractivity contribution < 1.29 is 38.2 Å². The topological polar surface area (TPSA) is 99.1 Å². The molecule has 8 heteroatoms. The van der Waals surface area contributed by atoms with Crippen LogP contribution in [0.5, 0.6) is 0 Å². The van der Waals surface area contributed by atoms with Gasteiger partial charge >= 0.3 is 17.9 Å². The van der Waals surface area contributed by atoms with E-state index in [9.17, 15) is 19.5 Å². The zero-order chi connectivity index (χ0) is 42.1. The van der Waals surface area contributed by atoms with Crippen molar-refractivity contribution in [2.45, 2.75) is 193 Å². The first-order chi connectivity index (χ1) is 27.6. The van der Waals surface area contributed by atoms with Gasteiger partial charge in [0.15, 0.2) is 12.1 Å². The van der Waals surface area contributed by atoms with E-state index >= 15 is 0 Å². The third kappa shape index (κ3) is 38.3. The summed E-state index contributed by atoms with van der Waals surface area (Å²) in [5, 5.41) is 9.62. The average Bonchev–Trinajstić information content (AvgIpc) is 3.17. The quantitative estimate of drug-likeness (QED) is 0.0285. The van der Waals surface area contributed by atoms with E-state index in [1.165, 1.54) is 64.2 Å². The van der Waals surface area contributed by atoms with Gasteiger partial charge in [-0.3, -0.25) is 9.59 Å². The number of likely N-dealkylation sites (N-methyl/N-ethyl adjacent to an activating group) is 1. The highest BCUT2D eigenvalue weighted by atomic mass is 16.6. The van der Waals surface area contributed by atoms with Crippen molar-refractivity contribution in [3.8, 4) is 0 Å². The summed E-state index contributed by atoms with van der Waals surface area (Å²) >= 11 is 0. The van der Waals surface area contributed by atoms with Gasteiger partial charge in [-0.1, -0.05) is 164 Å². The maximum absolute atomic E-state index is 12.7. The number of carbonyl (C=O) groups excluding carboxylic acids is 2. The smallest absolute Gasteiger partial charge is 0.362 e. The Bertz CT molecular complexity index is 1120. The molecule has 0 heterocycles. The van der Waals surface area contributed by atoms with Crippen LogP contribution in [-0.2, 0) is 28.6 Å². The van der Waals surface area contributed by atoms with Gasteiger partial charge in [0.05, 0.1) is 34.4 Å². The summed E-state index contributed by atoms with van der Waals surface area (Å²) in [6.45, 7) is 4.59. The lowest BCUT2D eigenvalue weighted by Gasteiger charge is -2.31. The van der Waals surface area contributed by atoms with Gasteiger partial charge in [-0.2, -0.15) is 0 Å². The first-order valence-corrected chi connectivity index (χ1v) is 22.8. The number of nitrogens with zero attached hydrogens (tertiary/aromatic N) is 1. The zero-order valence-electron chi connectivity index (χ0n) is 37.3. The molecule has 0 amide bonds. The normalized spacial score (nSPS) is 13.5. The number of carboxylic acid groups (broad SMARTS) is 1. The summed E-state index contributed by atoms with van der Waals surface area (Å²) in [4.78, 5) is 37.0. The number of unbranched alkanes of at least 4 members (excludes halogenated alkanes) is 16. The molecule has 0 rings (SSSR count).